The van der Waals surface area contributed by atoms with Crippen LogP contribution in [0.5, 0.6) is 0 Å². The zero-order valence-electron chi connectivity index (χ0n) is 10.2. The van der Waals surface area contributed by atoms with Crippen LogP contribution in [-0.2, 0) is 6.42 Å². The molecule has 3 heteroatoms. The van der Waals surface area contributed by atoms with Gasteiger partial charge in [-0.1, -0.05) is 18.2 Å². The molecule has 17 heavy (non-hydrogen) atoms. The highest BCUT2D eigenvalue weighted by Crippen LogP contribution is 2.23. The molecule has 2 nitrogen and oxygen atoms in total. The van der Waals surface area contributed by atoms with Gasteiger partial charge in [0.15, 0.2) is 0 Å². The highest BCUT2D eigenvalue weighted by atomic mass is 79.9. The summed E-state index contributed by atoms with van der Waals surface area (Å²) in [6.07, 6.45) is 1.90. The number of aryl methyl sites for hydroxylation is 1. The predicted molar refractivity (Wildman–Crippen MR) is 76.0 cm³/mol. The van der Waals surface area contributed by atoms with Crippen LogP contribution in [0.15, 0.2) is 34.9 Å². The van der Waals surface area contributed by atoms with Crippen LogP contribution in [0.3, 0.4) is 0 Å². The minimum atomic E-state index is -0.134. The van der Waals surface area contributed by atoms with Gasteiger partial charge in [0.1, 0.15) is 4.60 Å². The van der Waals surface area contributed by atoms with Crippen LogP contribution in [0, 0.1) is 0 Å². The summed E-state index contributed by atoms with van der Waals surface area (Å²) in [6, 6.07) is 10.3. The second kappa shape index (κ2) is 4.75. The highest BCUT2D eigenvalue weighted by molar-refractivity contribution is 9.10. The summed E-state index contributed by atoms with van der Waals surface area (Å²) in [6.45, 7) is 4.10. The Balaban J connectivity index is 2.31. The minimum Gasteiger partial charge on any atom is -0.326 e. The quantitative estimate of drug-likeness (QED) is 0.877. The molecular weight excluding hydrogens is 276 g/mol. The average Bonchev–Trinajstić information content (AvgIpc) is 2.25. The molecule has 0 amide bonds. The molecule has 0 aliphatic carbocycles. The van der Waals surface area contributed by atoms with Crippen LogP contribution in [0.4, 0.5) is 0 Å². The maximum Gasteiger partial charge on any atom is 0.110 e. The van der Waals surface area contributed by atoms with Gasteiger partial charge in [0.05, 0.1) is 5.52 Å². The van der Waals surface area contributed by atoms with Gasteiger partial charge >= 0.3 is 0 Å². The van der Waals surface area contributed by atoms with E-state index < -0.39 is 0 Å². The lowest BCUT2D eigenvalue weighted by Crippen LogP contribution is -2.32. The minimum absolute atomic E-state index is 0.134. The zero-order valence-corrected chi connectivity index (χ0v) is 11.8. The van der Waals surface area contributed by atoms with Gasteiger partial charge in [0.2, 0.25) is 0 Å². The Hall–Kier alpha value is -0.930. The number of hydrogen-bond donors (Lipinski definition) is 1. The van der Waals surface area contributed by atoms with E-state index in [1.54, 1.807) is 0 Å². The van der Waals surface area contributed by atoms with E-state index in [0.717, 1.165) is 23.0 Å². The van der Waals surface area contributed by atoms with Crippen LogP contribution in [0.1, 0.15) is 25.8 Å². The third-order valence-electron chi connectivity index (χ3n) is 2.79. The lowest BCUT2D eigenvalue weighted by atomic mass is 9.97. The maximum absolute atomic E-state index is 6.01. The molecule has 2 N–H and O–H groups in total. The van der Waals surface area contributed by atoms with Crippen molar-refractivity contribution in [3.05, 3.63) is 40.5 Å². The third-order valence-corrected chi connectivity index (χ3v) is 3.48. The first-order valence-corrected chi connectivity index (χ1v) is 6.58. The van der Waals surface area contributed by atoms with E-state index in [1.165, 1.54) is 10.9 Å². The number of pyridine rings is 1. The lowest BCUT2D eigenvalue weighted by molar-refractivity contribution is 0.476. The van der Waals surface area contributed by atoms with Gasteiger partial charge in [0.25, 0.3) is 0 Å². The molecule has 0 saturated heterocycles. The van der Waals surface area contributed by atoms with E-state index >= 15 is 0 Å². The maximum atomic E-state index is 6.01. The summed E-state index contributed by atoms with van der Waals surface area (Å²) in [5.41, 5.74) is 8.12. The van der Waals surface area contributed by atoms with Crippen molar-refractivity contribution >= 4 is 26.8 Å². The van der Waals surface area contributed by atoms with Crippen LogP contribution in [0.2, 0.25) is 0 Å². The first-order valence-electron chi connectivity index (χ1n) is 5.79. The number of para-hydroxylation sites is 1. The predicted octanol–water partition coefficient (Wildman–Crippen LogP) is 3.67. The monoisotopic (exact) mass is 292 g/mol. The molecule has 0 aliphatic rings. The molecule has 0 aliphatic heterocycles. The number of halogens is 1. The number of rotatable bonds is 3. The van der Waals surface area contributed by atoms with E-state index in [2.05, 4.69) is 46.9 Å². The van der Waals surface area contributed by atoms with Gasteiger partial charge in [-0.25, -0.2) is 4.98 Å². The van der Waals surface area contributed by atoms with Crippen molar-refractivity contribution in [1.82, 2.24) is 4.98 Å². The number of nitrogens with two attached hydrogens (primary N) is 1. The molecule has 0 atom stereocenters. The molecule has 0 spiro atoms. The van der Waals surface area contributed by atoms with Gasteiger partial charge in [-0.3, -0.25) is 0 Å². The summed E-state index contributed by atoms with van der Waals surface area (Å²) in [5, 5.41) is 1.18. The molecule has 0 bridgehead atoms. The summed E-state index contributed by atoms with van der Waals surface area (Å²) in [4.78, 5) is 4.55. The Morgan fingerprint density at radius 2 is 2.00 bits per heavy atom. The number of nitrogens with zero attached hydrogens (tertiary/aromatic N) is 1. The van der Waals surface area contributed by atoms with Crippen LogP contribution in [0.25, 0.3) is 10.9 Å². The topological polar surface area (TPSA) is 38.9 Å². The largest absolute Gasteiger partial charge is 0.326 e. The molecule has 2 rings (SSSR count). The Kier molecular flexibility index (Phi) is 3.50. The number of fused-ring (bicyclic) bond motifs is 1. The van der Waals surface area contributed by atoms with E-state index in [0.29, 0.717) is 0 Å². The fourth-order valence-corrected chi connectivity index (χ4v) is 2.27. The first-order chi connectivity index (χ1) is 7.96. The Morgan fingerprint density at radius 3 is 2.71 bits per heavy atom. The standard InChI is InChI=1S/C14H17BrN2/c1-14(2,16)8-7-11-9-10-5-3-4-6-12(10)17-13(11)15/h3-6,9H,7-8,16H2,1-2H3. The number of aromatic nitrogens is 1. The third kappa shape index (κ3) is 3.27. The second-order valence-corrected chi connectivity index (χ2v) is 5.87. The van der Waals surface area contributed by atoms with Crippen molar-refractivity contribution < 1.29 is 0 Å². The Morgan fingerprint density at radius 1 is 1.29 bits per heavy atom. The molecule has 0 saturated carbocycles. The van der Waals surface area contributed by atoms with Crippen molar-refractivity contribution in [2.45, 2.75) is 32.2 Å². The zero-order chi connectivity index (χ0) is 12.5. The summed E-state index contributed by atoms with van der Waals surface area (Å²) < 4.78 is 0.931. The molecule has 1 aromatic heterocycles. The van der Waals surface area contributed by atoms with Crippen LogP contribution < -0.4 is 5.73 Å². The van der Waals surface area contributed by atoms with Gasteiger partial charge in [-0.05, 0) is 60.3 Å². The summed E-state index contributed by atoms with van der Waals surface area (Å²) in [5.74, 6) is 0. The normalized spacial score (nSPS) is 12.0. The number of benzene rings is 1. The molecule has 0 unspecified atom stereocenters. The van der Waals surface area contributed by atoms with Crippen LogP contribution >= 0.6 is 15.9 Å². The molecular formula is C14H17BrN2. The van der Waals surface area contributed by atoms with E-state index in [-0.39, 0.29) is 5.54 Å². The first kappa shape index (κ1) is 12.5. The lowest BCUT2D eigenvalue weighted by Gasteiger charge is -2.18. The fourth-order valence-electron chi connectivity index (χ4n) is 1.77. The van der Waals surface area contributed by atoms with Crippen molar-refractivity contribution in [1.29, 1.82) is 0 Å². The van der Waals surface area contributed by atoms with Gasteiger partial charge < -0.3 is 5.73 Å². The highest BCUT2D eigenvalue weighted by Gasteiger charge is 2.12. The number of hydrogen-bond acceptors (Lipinski definition) is 2. The smallest absolute Gasteiger partial charge is 0.110 e. The molecule has 0 radical (unpaired) electrons. The van der Waals surface area contributed by atoms with Crippen molar-refractivity contribution in [3.63, 3.8) is 0 Å². The molecule has 1 aromatic carbocycles. The van der Waals surface area contributed by atoms with E-state index in [9.17, 15) is 0 Å². The van der Waals surface area contributed by atoms with Crippen molar-refractivity contribution in [2.75, 3.05) is 0 Å². The van der Waals surface area contributed by atoms with Crippen LogP contribution in [-0.4, -0.2) is 10.5 Å². The van der Waals surface area contributed by atoms with Gasteiger partial charge in [-0.2, -0.15) is 0 Å². The van der Waals surface area contributed by atoms with Crippen molar-refractivity contribution in [3.8, 4) is 0 Å². The average molecular weight is 293 g/mol. The second-order valence-electron chi connectivity index (χ2n) is 5.12. The summed E-state index contributed by atoms with van der Waals surface area (Å²) >= 11 is 3.53. The van der Waals surface area contributed by atoms with Gasteiger partial charge in [0, 0.05) is 10.9 Å². The van der Waals surface area contributed by atoms with E-state index in [4.69, 9.17) is 5.73 Å². The summed E-state index contributed by atoms with van der Waals surface area (Å²) in [7, 11) is 0. The molecule has 0 fully saturated rings. The molecule has 1 heterocycles. The molecule has 2 aromatic rings. The van der Waals surface area contributed by atoms with Crippen molar-refractivity contribution in [2.24, 2.45) is 5.73 Å². The molecule has 90 valence electrons. The Bertz CT molecular complexity index is 529. The Labute approximate surface area is 110 Å². The van der Waals surface area contributed by atoms with Gasteiger partial charge in [-0.15, -0.1) is 0 Å². The fraction of sp³-hybridized carbons (Fsp3) is 0.357. The van der Waals surface area contributed by atoms with E-state index in [1.807, 2.05) is 18.2 Å². The SMILES string of the molecule is CC(C)(N)CCc1cc2ccccc2nc1Br.